The Hall–Kier alpha value is -2.03. The van der Waals surface area contributed by atoms with E-state index >= 15 is 0 Å². The van der Waals surface area contributed by atoms with Gasteiger partial charge >= 0.3 is 5.97 Å². The van der Waals surface area contributed by atoms with Crippen LogP contribution in [0.15, 0.2) is 36.4 Å². The first-order valence-electron chi connectivity index (χ1n) is 6.86. The van der Waals surface area contributed by atoms with E-state index in [0.29, 0.717) is 12.8 Å². The first kappa shape index (κ1) is 14.4. The average molecular weight is 272 g/mol. The zero-order chi connectivity index (χ0) is 14.5. The van der Waals surface area contributed by atoms with Gasteiger partial charge in [0.15, 0.2) is 0 Å². The molecule has 0 unspecified atom stereocenters. The number of fused-ring (bicyclic) bond motifs is 1. The molecule has 0 N–H and O–H groups in total. The van der Waals surface area contributed by atoms with Gasteiger partial charge in [0, 0.05) is 12.0 Å². The Morgan fingerprint density at radius 2 is 1.90 bits per heavy atom. The van der Waals surface area contributed by atoms with E-state index < -0.39 is 0 Å². The Morgan fingerprint density at radius 3 is 2.60 bits per heavy atom. The second kappa shape index (κ2) is 6.42. The van der Waals surface area contributed by atoms with Crippen LogP contribution in [-0.4, -0.2) is 19.2 Å². The van der Waals surface area contributed by atoms with Gasteiger partial charge in [-0.15, -0.1) is 0 Å². The molecule has 3 nitrogen and oxygen atoms in total. The van der Waals surface area contributed by atoms with Crippen LogP contribution in [0.4, 0.5) is 0 Å². The molecule has 0 aliphatic carbocycles. The van der Waals surface area contributed by atoms with Gasteiger partial charge in [0.05, 0.1) is 13.2 Å². The lowest BCUT2D eigenvalue weighted by molar-refractivity contribution is -0.140. The number of carbonyl (C=O) groups is 1. The normalized spacial score (nSPS) is 10.8. The first-order valence-corrected chi connectivity index (χ1v) is 6.86. The van der Waals surface area contributed by atoms with Gasteiger partial charge in [-0.1, -0.05) is 30.3 Å². The molecule has 0 saturated heterocycles. The van der Waals surface area contributed by atoms with Crippen LogP contribution in [0.2, 0.25) is 0 Å². The summed E-state index contributed by atoms with van der Waals surface area (Å²) >= 11 is 0. The third-order valence-corrected chi connectivity index (χ3v) is 3.17. The van der Waals surface area contributed by atoms with Crippen molar-refractivity contribution in [3.63, 3.8) is 0 Å². The summed E-state index contributed by atoms with van der Waals surface area (Å²) in [6, 6.07) is 12.2. The highest BCUT2D eigenvalue weighted by atomic mass is 16.5. The number of esters is 1. The van der Waals surface area contributed by atoms with Crippen LogP contribution in [0, 0.1) is 0 Å². The van der Waals surface area contributed by atoms with E-state index in [-0.39, 0.29) is 12.1 Å². The highest BCUT2D eigenvalue weighted by Crippen LogP contribution is 2.30. The zero-order valence-electron chi connectivity index (χ0n) is 12.2. The standard InChI is InChI=1S/C17H20O3/c1-12(2)20-16-10-8-13-6-4-5-7-14(13)15(16)9-11-17(18)19-3/h4-8,10,12H,9,11H2,1-3H3. The minimum atomic E-state index is -0.201. The summed E-state index contributed by atoms with van der Waals surface area (Å²) in [7, 11) is 1.41. The summed E-state index contributed by atoms with van der Waals surface area (Å²) in [6.45, 7) is 4.00. The fourth-order valence-electron chi connectivity index (χ4n) is 2.27. The molecule has 0 saturated carbocycles. The number of rotatable bonds is 5. The van der Waals surface area contributed by atoms with Gasteiger partial charge in [-0.3, -0.25) is 4.79 Å². The molecule has 0 bridgehead atoms. The second-order valence-corrected chi connectivity index (χ2v) is 5.01. The van der Waals surface area contributed by atoms with Crippen LogP contribution in [0.3, 0.4) is 0 Å². The molecule has 0 atom stereocenters. The molecule has 0 fully saturated rings. The Bertz CT molecular complexity index is 602. The van der Waals surface area contributed by atoms with Crippen LogP contribution in [0.25, 0.3) is 10.8 Å². The summed E-state index contributed by atoms with van der Waals surface area (Å²) in [4.78, 5) is 11.4. The summed E-state index contributed by atoms with van der Waals surface area (Å²) in [5.74, 6) is 0.649. The third kappa shape index (κ3) is 3.29. The van der Waals surface area contributed by atoms with Gasteiger partial charge in [-0.2, -0.15) is 0 Å². The molecule has 0 aliphatic rings. The summed E-state index contributed by atoms with van der Waals surface area (Å²) in [6.07, 6.45) is 1.09. The van der Waals surface area contributed by atoms with Gasteiger partial charge in [0.25, 0.3) is 0 Å². The smallest absolute Gasteiger partial charge is 0.305 e. The Kier molecular flexibility index (Phi) is 4.61. The highest BCUT2D eigenvalue weighted by molar-refractivity contribution is 5.88. The molecule has 0 amide bonds. The Morgan fingerprint density at radius 1 is 1.15 bits per heavy atom. The van der Waals surface area contributed by atoms with Crippen LogP contribution in [-0.2, 0) is 16.0 Å². The van der Waals surface area contributed by atoms with E-state index in [9.17, 15) is 4.79 Å². The monoisotopic (exact) mass is 272 g/mol. The highest BCUT2D eigenvalue weighted by Gasteiger charge is 2.12. The maximum atomic E-state index is 11.4. The summed E-state index contributed by atoms with van der Waals surface area (Å²) in [5, 5.41) is 2.29. The molecule has 0 radical (unpaired) electrons. The predicted molar refractivity (Wildman–Crippen MR) is 80.0 cm³/mol. The van der Waals surface area contributed by atoms with Crippen molar-refractivity contribution in [2.45, 2.75) is 32.8 Å². The predicted octanol–water partition coefficient (Wildman–Crippen LogP) is 3.73. The van der Waals surface area contributed by atoms with Crippen molar-refractivity contribution in [2.24, 2.45) is 0 Å². The lowest BCUT2D eigenvalue weighted by atomic mass is 9.99. The number of aryl methyl sites for hydroxylation is 1. The van der Waals surface area contributed by atoms with E-state index in [0.717, 1.165) is 22.1 Å². The average Bonchev–Trinajstić information content (AvgIpc) is 2.45. The van der Waals surface area contributed by atoms with Crippen molar-refractivity contribution in [3.05, 3.63) is 42.0 Å². The molecule has 0 aliphatic heterocycles. The number of methoxy groups -OCH3 is 1. The SMILES string of the molecule is COC(=O)CCc1c(OC(C)C)ccc2ccccc12. The molecule has 0 aromatic heterocycles. The van der Waals surface area contributed by atoms with Crippen LogP contribution < -0.4 is 4.74 Å². The van der Waals surface area contributed by atoms with E-state index in [1.54, 1.807) is 0 Å². The molecule has 0 heterocycles. The zero-order valence-corrected chi connectivity index (χ0v) is 12.2. The lowest BCUT2D eigenvalue weighted by Gasteiger charge is -2.16. The lowest BCUT2D eigenvalue weighted by Crippen LogP contribution is -2.09. The number of hydrogen-bond acceptors (Lipinski definition) is 3. The minimum absolute atomic E-state index is 0.105. The van der Waals surface area contributed by atoms with E-state index in [4.69, 9.17) is 9.47 Å². The van der Waals surface area contributed by atoms with E-state index in [1.807, 2.05) is 32.0 Å². The third-order valence-electron chi connectivity index (χ3n) is 3.17. The topological polar surface area (TPSA) is 35.5 Å². The molecular formula is C17H20O3. The van der Waals surface area contributed by atoms with Gasteiger partial charge in [0.2, 0.25) is 0 Å². The maximum absolute atomic E-state index is 11.4. The minimum Gasteiger partial charge on any atom is -0.491 e. The number of ether oxygens (including phenoxy) is 2. The van der Waals surface area contributed by atoms with Crippen LogP contribution in [0.1, 0.15) is 25.8 Å². The molecule has 0 spiro atoms. The molecule has 20 heavy (non-hydrogen) atoms. The van der Waals surface area contributed by atoms with E-state index in [2.05, 4.69) is 18.2 Å². The molecule has 2 aromatic rings. The van der Waals surface area contributed by atoms with Gasteiger partial charge in [-0.25, -0.2) is 0 Å². The van der Waals surface area contributed by atoms with Crippen molar-refractivity contribution in [3.8, 4) is 5.75 Å². The first-order chi connectivity index (χ1) is 9.61. The van der Waals surface area contributed by atoms with Crippen LogP contribution >= 0.6 is 0 Å². The van der Waals surface area contributed by atoms with Gasteiger partial charge in [0.1, 0.15) is 5.75 Å². The molecule has 2 rings (SSSR count). The van der Waals surface area contributed by atoms with Gasteiger partial charge in [-0.05, 0) is 37.1 Å². The van der Waals surface area contributed by atoms with Crippen molar-refractivity contribution >= 4 is 16.7 Å². The summed E-state index contributed by atoms with van der Waals surface area (Å²) in [5.41, 5.74) is 1.07. The Labute approximate surface area is 119 Å². The molecular weight excluding hydrogens is 252 g/mol. The molecule has 2 aromatic carbocycles. The van der Waals surface area contributed by atoms with E-state index in [1.165, 1.54) is 7.11 Å². The summed E-state index contributed by atoms with van der Waals surface area (Å²) < 4.78 is 10.6. The number of hydrogen-bond donors (Lipinski definition) is 0. The number of benzene rings is 2. The second-order valence-electron chi connectivity index (χ2n) is 5.01. The quantitative estimate of drug-likeness (QED) is 0.778. The Balaban J connectivity index is 2.41. The van der Waals surface area contributed by atoms with Crippen LogP contribution in [0.5, 0.6) is 5.75 Å². The number of carbonyl (C=O) groups excluding carboxylic acids is 1. The fraction of sp³-hybridized carbons (Fsp3) is 0.353. The van der Waals surface area contributed by atoms with Crippen molar-refractivity contribution in [2.75, 3.05) is 7.11 Å². The van der Waals surface area contributed by atoms with Gasteiger partial charge < -0.3 is 9.47 Å². The molecule has 106 valence electrons. The maximum Gasteiger partial charge on any atom is 0.305 e. The van der Waals surface area contributed by atoms with Crippen molar-refractivity contribution < 1.29 is 14.3 Å². The fourth-order valence-corrected chi connectivity index (χ4v) is 2.27. The van der Waals surface area contributed by atoms with Crippen molar-refractivity contribution in [1.29, 1.82) is 0 Å². The van der Waals surface area contributed by atoms with Crippen molar-refractivity contribution in [1.82, 2.24) is 0 Å². The molecule has 3 heteroatoms. The largest absolute Gasteiger partial charge is 0.491 e.